The summed E-state index contributed by atoms with van der Waals surface area (Å²) in [6, 6.07) is 5.41. The maximum Gasteiger partial charge on any atom is 0.330 e. The van der Waals surface area contributed by atoms with Crippen LogP contribution in [0.1, 0.15) is 30.9 Å². The maximum atomic E-state index is 11.8. The van der Waals surface area contributed by atoms with Crippen LogP contribution in [-0.4, -0.2) is 37.6 Å². The van der Waals surface area contributed by atoms with Gasteiger partial charge in [-0.3, -0.25) is 0 Å². The second-order valence-corrected chi connectivity index (χ2v) is 5.22. The van der Waals surface area contributed by atoms with Crippen LogP contribution in [0.2, 0.25) is 0 Å². The molecule has 22 heavy (non-hydrogen) atoms. The van der Waals surface area contributed by atoms with Crippen LogP contribution in [0.3, 0.4) is 0 Å². The minimum absolute atomic E-state index is 0.213. The van der Waals surface area contributed by atoms with E-state index in [4.69, 9.17) is 4.74 Å². The monoisotopic (exact) mass is 304 g/mol. The normalized spacial score (nSPS) is 10.5. The molecule has 0 spiro atoms. The van der Waals surface area contributed by atoms with Crippen LogP contribution in [-0.2, 0) is 9.53 Å². The van der Waals surface area contributed by atoms with Crippen LogP contribution in [0, 0.1) is 6.92 Å². The standard InChI is InChI=1S/C17H24N2O3/c1-5-6-12-22-15(20)11-10-14-9-7-8-13(2)16(14)18-17(21)19(3)4/h7-11H,5-6,12H2,1-4H3,(H,18,21)/b11-10+. The van der Waals surface area contributed by atoms with Gasteiger partial charge in [0.05, 0.1) is 12.3 Å². The Morgan fingerprint density at radius 2 is 2.05 bits per heavy atom. The molecule has 0 unspecified atom stereocenters. The van der Waals surface area contributed by atoms with Gasteiger partial charge in [-0.05, 0) is 30.5 Å². The molecule has 0 aliphatic heterocycles. The van der Waals surface area contributed by atoms with Crippen molar-refractivity contribution in [3.63, 3.8) is 0 Å². The molecule has 1 aromatic carbocycles. The number of esters is 1. The molecule has 1 aromatic rings. The zero-order chi connectivity index (χ0) is 16.5. The van der Waals surface area contributed by atoms with Crippen LogP contribution in [0.15, 0.2) is 24.3 Å². The van der Waals surface area contributed by atoms with Gasteiger partial charge in [-0.25, -0.2) is 9.59 Å². The molecule has 0 bridgehead atoms. The summed E-state index contributed by atoms with van der Waals surface area (Å²) in [7, 11) is 3.35. The maximum absolute atomic E-state index is 11.8. The number of carbonyl (C=O) groups excluding carboxylic acids is 2. The highest BCUT2D eigenvalue weighted by Crippen LogP contribution is 2.22. The molecule has 0 atom stereocenters. The van der Waals surface area contributed by atoms with Gasteiger partial charge >= 0.3 is 12.0 Å². The third kappa shape index (κ3) is 5.60. The van der Waals surface area contributed by atoms with E-state index < -0.39 is 0 Å². The number of carbonyl (C=O) groups is 2. The molecule has 1 N–H and O–H groups in total. The fourth-order valence-corrected chi connectivity index (χ4v) is 1.74. The van der Waals surface area contributed by atoms with E-state index in [1.807, 2.05) is 32.0 Å². The summed E-state index contributed by atoms with van der Waals surface area (Å²) in [5, 5.41) is 2.84. The molecule has 0 radical (unpaired) electrons. The van der Waals surface area contributed by atoms with Gasteiger partial charge in [0.15, 0.2) is 0 Å². The first kappa shape index (κ1) is 17.8. The lowest BCUT2D eigenvalue weighted by molar-refractivity contribution is -0.137. The minimum atomic E-state index is -0.375. The average molecular weight is 304 g/mol. The first-order chi connectivity index (χ1) is 10.5. The minimum Gasteiger partial charge on any atom is -0.463 e. The molecule has 0 aliphatic rings. The van der Waals surface area contributed by atoms with Crippen LogP contribution < -0.4 is 5.32 Å². The van der Waals surface area contributed by atoms with Gasteiger partial charge in [-0.1, -0.05) is 31.5 Å². The Kier molecular flexibility index (Phi) is 7.16. The van der Waals surface area contributed by atoms with Crippen molar-refractivity contribution in [2.24, 2.45) is 0 Å². The number of anilines is 1. The van der Waals surface area contributed by atoms with Gasteiger partial charge in [0, 0.05) is 20.2 Å². The van der Waals surface area contributed by atoms with Gasteiger partial charge in [0.2, 0.25) is 0 Å². The number of amides is 2. The van der Waals surface area contributed by atoms with E-state index in [1.165, 1.54) is 11.0 Å². The van der Waals surface area contributed by atoms with Crippen LogP contribution in [0.5, 0.6) is 0 Å². The van der Waals surface area contributed by atoms with Crippen molar-refractivity contribution >= 4 is 23.8 Å². The summed E-state index contributed by atoms with van der Waals surface area (Å²) < 4.78 is 5.07. The third-order valence-electron chi connectivity index (χ3n) is 3.08. The third-order valence-corrected chi connectivity index (χ3v) is 3.08. The van der Waals surface area contributed by atoms with Crippen molar-refractivity contribution in [3.8, 4) is 0 Å². The number of nitrogens with zero attached hydrogens (tertiary/aromatic N) is 1. The zero-order valence-corrected chi connectivity index (χ0v) is 13.7. The van der Waals surface area contributed by atoms with Gasteiger partial charge < -0.3 is 15.0 Å². The molecule has 0 saturated heterocycles. The van der Waals surface area contributed by atoms with E-state index in [9.17, 15) is 9.59 Å². The van der Waals surface area contributed by atoms with E-state index in [2.05, 4.69) is 5.32 Å². The Hall–Kier alpha value is -2.30. The predicted molar refractivity (Wildman–Crippen MR) is 88.8 cm³/mol. The number of nitrogens with one attached hydrogen (secondary N) is 1. The summed E-state index contributed by atoms with van der Waals surface area (Å²) in [4.78, 5) is 24.9. The lowest BCUT2D eigenvalue weighted by Crippen LogP contribution is -2.28. The van der Waals surface area contributed by atoms with E-state index in [1.54, 1.807) is 20.2 Å². The molecule has 0 heterocycles. The largest absolute Gasteiger partial charge is 0.463 e. The molecule has 1 rings (SSSR count). The van der Waals surface area contributed by atoms with E-state index in [0.717, 1.165) is 24.0 Å². The quantitative estimate of drug-likeness (QED) is 0.497. The van der Waals surface area contributed by atoms with Gasteiger partial charge in [0.1, 0.15) is 0 Å². The summed E-state index contributed by atoms with van der Waals surface area (Å²) in [5.74, 6) is -0.375. The first-order valence-electron chi connectivity index (χ1n) is 7.38. The van der Waals surface area contributed by atoms with E-state index in [-0.39, 0.29) is 12.0 Å². The molecule has 0 fully saturated rings. The number of ether oxygens (including phenoxy) is 1. The van der Waals surface area contributed by atoms with Crippen LogP contribution >= 0.6 is 0 Å². The summed E-state index contributed by atoms with van der Waals surface area (Å²) in [6.45, 7) is 4.37. The Bertz CT molecular complexity index is 551. The van der Waals surface area contributed by atoms with E-state index >= 15 is 0 Å². The molecular formula is C17H24N2O3. The lowest BCUT2D eigenvalue weighted by Gasteiger charge is -2.15. The van der Waals surface area contributed by atoms with Gasteiger partial charge in [-0.2, -0.15) is 0 Å². The number of aryl methyl sites for hydroxylation is 1. The second-order valence-electron chi connectivity index (χ2n) is 5.22. The SMILES string of the molecule is CCCCOC(=O)/C=C/c1cccc(C)c1NC(=O)N(C)C. The number of hydrogen-bond acceptors (Lipinski definition) is 3. The molecule has 5 heteroatoms. The smallest absolute Gasteiger partial charge is 0.330 e. The average Bonchev–Trinajstić information content (AvgIpc) is 2.47. The Balaban J connectivity index is 2.84. The molecule has 0 aliphatic carbocycles. The summed E-state index contributed by atoms with van der Waals surface area (Å²) in [6.07, 6.45) is 4.88. The molecule has 120 valence electrons. The summed E-state index contributed by atoms with van der Waals surface area (Å²) in [5.41, 5.74) is 2.39. The van der Waals surface area contributed by atoms with Crippen molar-refractivity contribution in [2.75, 3.05) is 26.0 Å². The van der Waals surface area contributed by atoms with Crippen molar-refractivity contribution in [3.05, 3.63) is 35.4 Å². The molecular weight excluding hydrogens is 280 g/mol. The fourth-order valence-electron chi connectivity index (χ4n) is 1.74. The molecule has 0 saturated carbocycles. The number of urea groups is 1. The van der Waals surface area contributed by atoms with Gasteiger partial charge in [-0.15, -0.1) is 0 Å². The fraction of sp³-hybridized carbons (Fsp3) is 0.412. The number of unbranched alkanes of at least 4 members (excludes halogenated alkanes) is 1. The number of rotatable bonds is 6. The first-order valence-corrected chi connectivity index (χ1v) is 7.38. The highest BCUT2D eigenvalue weighted by Gasteiger charge is 2.09. The van der Waals surface area contributed by atoms with Crippen LogP contribution in [0.4, 0.5) is 10.5 Å². The Morgan fingerprint density at radius 1 is 1.32 bits per heavy atom. The van der Waals surface area contributed by atoms with E-state index in [0.29, 0.717) is 12.3 Å². The van der Waals surface area contributed by atoms with Crippen molar-refractivity contribution in [2.45, 2.75) is 26.7 Å². The number of para-hydroxylation sites is 1. The van der Waals surface area contributed by atoms with Crippen molar-refractivity contribution < 1.29 is 14.3 Å². The summed E-state index contributed by atoms with van der Waals surface area (Å²) >= 11 is 0. The zero-order valence-electron chi connectivity index (χ0n) is 13.7. The Labute approximate surface area is 132 Å². The Morgan fingerprint density at radius 3 is 2.68 bits per heavy atom. The number of benzene rings is 1. The topological polar surface area (TPSA) is 58.6 Å². The second kappa shape index (κ2) is 8.87. The molecule has 0 aromatic heterocycles. The van der Waals surface area contributed by atoms with Crippen molar-refractivity contribution in [1.82, 2.24) is 4.90 Å². The highest BCUT2D eigenvalue weighted by atomic mass is 16.5. The highest BCUT2D eigenvalue weighted by molar-refractivity contribution is 5.94. The predicted octanol–water partition coefficient (Wildman–Crippen LogP) is 3.45. The van der Waals surface area contributed by atoms with Crippen molar-refractivity contribution in [1.29, 1.82) is 0 Å². The van der Waals surface area contributed by atoms with Crippen LogP contribution in [0.25, 0.3) is 6.08 Å². The lowest BCUT2D eigenvalue weighted by atomic mass is 10.1. The molecule has 2 amide bonds. The number of hydrogen-bond donors (Lipinski definition) is 1. The molecule has 5 nitrogen and oxygen atoms in total. The van der Waals surface area contributed by atoms with Gasteiger partial charge in [0.25, 0.3) is 0 Å².